The molecule has 2 N–H and O–H groups in total. The van der Waals surface area contributed by atoms with Crippen LogP contribution in [-0.4, -0.2) is 25.0 Å². The second kappa shape index (κ2) is 4.22. The number of nitrogens with one attached hydrogen (secondary N) is 2. The van der Waals surface area contributed by atoms with Gasteiger partial charge in [0, 0.05) is 18.0 Å². The largest absolute Gasteiger partial charge is 0.451 e. The maximum atomic E-state index is 11.9. The van der Waals surface area contributed by atoms with Gasteiger partial charge >= 0.3 is 0 Å². The lowest BCUT2D eigenvalue weighted by Crippen LogP contribution is -2.35. The van der Waals surface area contributed by atoms with E-state index < -0.39 is 0 Å². The summed E-state index contributed by atoms with van der Waals surface area (Å²) in [5.41, 5.74) is 0.752. The first kappa shape index (κ1) is 10.4. The maximum Gasteiger partial charge on any atom is 0.287 e. The molecule has 3 rings (SSSR count). The van der Waals surface area contributed by atoms with Gasteiger partial charge in [0.1, 0.15) is 5.58 Å². The van der Waals surface area contributed by atoms with Gasteiger partial charge in [0.15, 0.2) is 5.76 Å². The van der Waals surface area contributed by atoms with Gasteiger partial charge in [-0.15, -0.1) is 0 Å². The van der Waals surface area contributed by atoms with E-state index in [-0.39, 0.29) is 11.9 Å². The number of hydrogen-bond acceptors (Lipinski definition) is 3. The summed E-state index contributed by atoms with van der Waals surface area (Å²) < 4.78 is 5.51. The smallest absolute Gasteiger partial charge is 0.287 e. The summed E-state index contributed by atoms with van der Waals surface area (Å²) in [4.78, 5) is 11.9. The van der Waals surface area contributed by atoms with Gasteiger partial charge in [0.2, 0.25) is 0 Å². The quantitative estimate of drug-likeness (QED) is 0.822. The zero-order chi connectivity index (χ0) is 11.7. The fourth-order valence-corrected chi connectivity index (χ4v) is 2.13. The standard InChI is InChI=1S/C13H14N2O2/c16-13(15-10-5-6-14-8-10)12-7-9-3-1-2-4-11(9)17-12/h1-4,7,10,14H,5-6,8H2,(H,15,16)/t10-/m0/s1. The molecule has 2 aromatic rings. The molecule has 88 valence electrons. The molecule has 1 aromatic carbocycles. The zero-order valence-electron chi connectivity index (χ0n) is 9.40. The highest BCUT2D eigenvalue weighted by Gasteiger charge is 2.19. The molecule has 0 aliphatic carbocycles. The van der Waals surface area contributed by atoms with E-state index >= 15 is 0 Å². The van der Waals surface area contributed by atoms with Crippen LogP contribution in [0.3, 0.4) is 0 Å². The van der Waals surface area contributed by atoms with Gasteiger partial charge in [-0.2, -0.15) is 0 Å². The molecule has 4 heteroatoms. The second-order valence-electron chi connectivity index (χ2n) is 4.31. The van der Waals surface area contributed by atoms with Crippen molar-refractivity contribution in [3.63, 3.8) is 0 Å². The molecule has 0 spiro atoms. The summed E-state index contributed by atoms with van der Waals surface area (Å²) in [6, 6.07) is 9.63. The molecule has 0 bridgehead atoms. The third-order valence-electron chi connectivity index (χ3n) is 3.04. The number of carbonyl (C=O) groups excluding carboxylic acids is 1. The monoisotopic (exact) mass is 230 g/mol. The van der Waals surface area contributed by atoms with Gasteiger partial charge in [-0.25, -0.2) is 0 Å². The maximum absolute atomic E-state index is 11.9. The molecule has 1 saturated heterocycles. The van der Waals surface area contributed by atoms with E-state index in [1.165, 1.54) is 0 Å². The van der Waals surface area contributed by atoms with Crippen LogP contribution in [0.1, 0.15) is 17.0 Å². The molecule has 17 heavy (non-hydrogen) atoms. The molecule has 1 fully saturated rings. The Morgan fingerprint density at radius 1 is 1.41 bits per heavy atom. The van der Waals surface area contributed by atoms with E-state index in [9.17, 15) is 4.79 Å². The first-order chi connectivity index (χ1) is 8.33. The molecule has 4 nitrogen and oxygen atoms in total. The molecule has 1 atom stereocenters. The van der Waals surface area contributed by atoms with Crippen molar-refractivity contribution in [3.8, 4) is 0 Å². The summed E-state index contributed by atoms with van der Waals surface area (Å²) >= 11 is 0. The predicted molar refractivity (Wildman–Crippen MR) is 65.0 cm³/mol. The highest BCUT2D eigenvalue weighted by atomic mass is 16.3. The fraction of sp³-hybridized carbons (Fsp3) is 0.308. The van der Waals surface area contributed by atoms with Crippen LogP contribution in [0.4, 0.5) is 0 Å². The van der Waals surface area contributed by atoms with E-state index in [1.54, 1.807) is 6.07 Å². The molecule has 0 radical (unpaired) electrons. The van der Waals surface area contributed by atoms with Crippen molar-refractivity contribution < 1.29 is 9.21 Å². The first-order valence-electron chi connectivity index (χ1n) is 5.83. The van der Waals surface area contributed by atoms with Crippen LogP contribution in [-0.2, 0) is 0 Å². The molecular weight excluding hydrogens is 216 g/mol. The summed E-state index contributed by atoms with van der Waals surface area (Å²) in [5, 5.41) is 7.13. The minimum atomic E-state index is -0.130. The van der Waals surface area contributed by atoms with Gasteiger partial charge in [0.05, 0.1) is 0 Å². The minimum Gasteiger partial charge on any atom is -0.451 e. The Bertz CT molecular complexity index is 508. The summed E-state index contributed by atoms with van der Waals surface area (Å²) in [6.45, 7) is 1.80. The van der Waals surface area contributed by atoms with Gasteiger partial charge in [-0.3, -0.25) is 4.79 Å². The molecule has 0 saturated carbocycles. The van der Waals surface area contributed by atoms with Crippen LogP contribution < -0.4 is 10.6 Å². The van der Waals surface area contributed by atoms with E-state index in [0.29, 0.717) is 5.76 Å². The van der Waals surface area contributed by atoms with Crippen molar-refractivity contribution >= 4 is 16.9 Å². The molecule has 1 amide bonds. The third-order valence-corrected chi connectivity index (χ3v) is 3.04. The highest BCUT2D eigenvalue weighted by molar-refractivity contribution is 5.96. The van der Waals surface area contributed by atoms with Crippen molar-refractivity contribution in [1.29, 1.82) is 0 Å². The number of benzene rings is 1. The number of rotatable bonds is 2. The van der Waals surface area contributed by atoms with Crippen molar-refractivity contribution in [1.82, 2.24) is 10.6 Å². The van der Waals surface area contributed by atoms with Crippen LogP contribution in [0.25, 0.3) is 11.0 Å². The van der Waals surface area contributed by atoms with E-state index in [0.717, 1.165) is 30.5 Å². The summed E-state index contributed by atoms with van der Waals surface area (Å²) in [6.07, 6.45) is 0.978. The SMILES string of the molecule is O=C(N[C@H]1CCNC1)c1cc2ccccc2o1. The Balaban J connectivity index is 1.80. The zero-order valence-corrected chi connectivity index (χ0v) is 9.40. The predicted octanol–water partition coefficient (Wildman–Crippen LogP) is 1.52. The average molecular weight is 230 g/mol. The fourth-order valence-electron chi connectivity index (χ4n) is 2.13. The lowest BCUT2D eigenvalue weighted by atomic mass is 10.2. The number of amides is 1. The van der Waals surface area contributed by atoms with Crippen LogP contribution >= 0.6 is 0 Å². The van der Waals surface area contributed by atoms with E-state index in [2.05, 4.69) is 10.6 Å². The van der Waals surface area contributed by atoms with Crippen LogP contribution in [0.5, 0.6) is 0 Å². The Kier molecular flexibility index (Phi) is 2.57. The van der Waals surface area contributed by atoms with Crippen molar-refractivity contribution in [3.05, 3.63) is 36.1 Å². The van der Waals surface area contributed by atoms with Gasteiger partial charge < -0.3 is 15.1 Å². The van der Waals surface area contributed by atoms with E-state index in [4.69, 9.17) is 4.42 Å². The molecule has 1 aliphatic rings. The van der Waals surface area contributed by atoms with Gasteiger partial charge in [0.25, 0.3) is 5.91 Å². The van der Waals surface area contributed by atoms with Crippen LogP contribution in [0.2, 0.25) is 0 Å². The second-order valence-corrected chi connectivity index (χ2v) is 4.31. The van der Waals surface area contributed by atoms with Crippen molar-refractivity contribution in [2.45, 2.75) is 12.5 Å². The van der Waals surface area contributed by atoms with Crippen LogP contribution in [0.15, 0.2) is 34.7 Å². The molecule has 2 heterocycles. The number of carbonyl (C=O) groups is 1. The highest BCUT2D eigenvalue weighted by Crippen LogP contribution is 2.18. The number of para-hydroxylation sites is 1. The average Bonchev–Trinajstić information content (AvgIpc) is 2.96. The van der Waals surface area contributed by atoms with Gasteiger partial charge in [-0.1, -0.05) is 18.2 Å². The third kappa shape index (κ3) is 2.03. The Hall–Kier alpha value is -1.81. The molecular formula is C13H14N2O2. The molecule has 1 aliphatic heterocycles. The Labute approximate surface area is 99.0 Å². The minimum absolute atomic E-state index is 0.130. The van der Waals surface area contributed by atoms with Crippen molar-refractivity contribution in [2.24, 2.45) is 0 Å². The topological polar surface area (TPSA) is 54.3 Å². The van der Waals surface area contributed by atoms with Gasteiger partial charge in [-0.05, 0) is 25.1 Å². The molecule has 0 unspecified atom stereocenters. The number of furan rings is 1. The van der Waals surface area contributed by atoms with Crippen LogP contribution in [0, 0.1) is 0 Å². The number of hydrogen-bond donors (Lipinski definition) is 2. The molecule has 1 aromatic heterocycles. The first-order valence-corrected chi connectivity index (χ1v) is 5.83. The van der Waals surface area contributed by atoms with Crippen molar-refractivity contribution in [2.75, 3.05) is 13.1 Å². The Morgan fingerprint density at radius 2 is 2.29 bits per heavy atom. The van der Waals surface area contributed by atoms with E-state index in [1.807, 2.05) is 24.3 Å². The summed E-state index contributed by atoms with van der Waals surface area (Å²) in [7, 11) is 0. The lowest BCUT2D eigenvalue weighted by molar-refractivity contribution is 0.0914. The number of fused-ring (bicyclic) bond motifs is 1. The Morgan fingerprint density at radius 3 is 3.06 bits per heavy atom. The lowest BCUT2D eigenvalue weighted by Gasteiger charge is -2.08. The summed E-state index contributed by atoms with van der Waals surface area (Å²) in [5.74, 6) is 0.257. The normalized spacial score (nSPS) is 19.6.